The fourth-order valence-electron chi connectivity index (χ4n) is 2.87. The van der Waals surface area contributed by atoms with Crippen LogP contribution in [0.25, 0.3) is 28.2 Å². The van der Waals surface area contributed by atoms with E-state index in [-0.39, 0.29) is 0 Å². The van der Waals surface area contributed by atoms with Crippen LogP contribution in [0.4, 0.5) is 0 Å². The van der Waals surface area contributed by atoms with Gasteiger partial charge in [0.15, 0.2) is 6.19 Å². The van der Waals surface area contributed by atoms with Crippen LogP contribution in [0.15, 0.2) is 55.0 Å². The first-order chi connectivity index (χ1) is 11.7. The third-order valence-electron chi connectivity index (χ3n) is 4.03. The van der Waals surface area contributed by atoms with E-state index in [0.29, 0.717) is 10.7 Å². The molecule has 1 aromatic carbocycles. The third kappa shape index (κ3) is 2.16. The van der Waals surface area contributed by atoms with E-state index in [1.54, 1.807) is 9.08 Å². The first-order valence-electron chi connectivity index (χ1n) is 7.36. The molecule has 0 unspecified atom stereocenters. The minimum Gasteiger partial charge on any atom is -0.245 e. The highest BCUT2D eigenvalue weighted by Gasteiger charge is 2.16. The van der Waals surface area contributed by atoms with Gasteiger partial charge in [-0.2, -0.15) is 10.4 Å². The van der Waals surface area contributed by atoms with Gasteiger partial charge in [-0.05, 0) is 48.9 Å². The molecule has 24 heavy (non-hydrogen) atoms. The fourth-order valence-corrected chi connectivity index (χ4v) is 3.04. The number of nitrogens with zero attached hydrogens (tertiary/aromatic N) is 5. The Bertz CT molecular complexity index is 1100. The summed E-state index contributed by atoms with van der Waals surface area (Å²) in [5.74, 6) is 0. The number of fused-ring (bicyclic) bond motifs is 1. The van der Waals surface area contributed by atoms with Crippen molar-refractivity contribution in [2.75, 3.05) is 0 Å². The lowest BCUT2D eigenvalue weighted by Gasteiger charge is -2.09. The van der Waals surface area contributed by atoms with Gasteiger partial charge in [-0.1, -0.05) is 17.7 Å². The maximum atomic E-state index is 9.72. The highest BCUT2D eigenvalue weighted by Crippen LogP contribution is 2.32. The molecular formula is C18H12ClN5. The molecule has 0 aliphatic heterocycles. The molecule has 0 radical (unpaired) electrons. The van der Waals surface area contributed by atoms with Crippen molar-refractivity contribution in [3.05, 3.63) is 65.6 Å². The summed E-state index contributed by atoms with van der Waals surface area (Å²) in [5, 5.41) is 14.5. The average molecular weight is 334 g/mol. The third-order valence-corrected chi connectivity index (χ3v) is 4.27. The summed E-state index contributed by atoms with van der Waals surface area (Å²) >= 11 is 6.13. The molecule has 116 valence electrons. The first kappa shape index (κ1) is 14.5. The van der Waals surface area contributed by atoms with Crippen molar-refractivity contribution in [2.45, 2.75) is 6.92 Å². The van der Waals surface area contributed by atoms with Crippen molar-refractivity contribution in [2.24, 2.45) is 0 Å². The maximum absolute atomic E-state index is 9.72. The summed E-state index contributed by atoms with van der Waals surface area (Å²) in [6.45, 7) is 2.00. The zero-order valence-electron chi connectivity index (χ0n) is 12.8. The molecule has 3 heterocycles. The molecule has 4 rings (SSSR count). The van der Waals surface area contributed by atoms with Crippen LogP contribution >= 0.6 is 11.6 Å². The monoisotopic (exact) mass is 333 g/mol. The van der Waals surface area contributed by atoms with Crippen molar-refractivity contribution < 1.29 is 0 Å². The Morgan fingerprint density at radius 3 is 2.79 bits per heavy atom. The van der Waals surface area contributed by atoms with E-state index in [2.05, 4.69) is 16.3 Å². The average Bonchev–Trinajstić information content (AvgIpc) is 3.22. The summed E-state index contributed by atoms with van der Waals surface area (Å²) in [6.07, 6.45) is 5.59. The molecule has 0 spiro atoms. The van der Waals surface area contributed by atoms with Gasteiger partial charge in [0.25, 0.3) is 0 Å². The van der Waals surface area contributed by atoms with Gasteiger partial charge in [-0.25, -0.2) is 14.1 Å². The molecular weight excluding hydrogens is 322 g/mol. The normalized spacial score (nSPS) is 10.9. The first-order valence-corrected chi connectivity index (χ1v) is 7.74. The molecule has 5 nitrogen and oxygen atoms in total. The molecule has 0 atom stereocenters. The number of aryl methyl sites for hydroxylation is 1. The number of hydrogen-bond donors (Lipinski definition) is 0. The Labute approximate surface area is 143 Å². The zero-order valence-corrected chi connectivity index (χ0v) is 13.6. The van der Waals surface area contributed by atoms with Gasteiger partial charge in [0, 0.05) is 16.8 Å². The highest BCUT2D eigenvalue weighted by molar-refractivity contribution is 6.30. The van der Waals surface area contributed by atoms with Crippen molar-refractivity contribution in [1.82, 2.24) is 19.2 Å². The largest absolute Gasteiger partial charge is 0.245 e. The number of halogens is 1. The predicted molar refractivity (Wildman–Crippen MR) is 92.6 cm³/mol. The molecule has 0 amide bonds. The predicted octanol–water partition coefficient (Wildman–Crippen LogP) is 4.16. The van der Waals surface area contributed by atoms with E-state index in [1.807, 2.05) is 55.6 Å². The van der Waals surface area contributed by atoms with Crippen molar-refractivity contribution in [3.63, 3.8) is 0 Å². The van der Waals surface area contributed by atoms with Crippen molar-refractivity contribution >= 4 is 17.1 Å². The Hall–Kier alpha value is -3.10. The second-order valence-electron chi connectivity index (χ2n) is 5.45. The van der Waals surface area contributed by atoms with Crippen LogP contribution in [0.2, 0.25) is 5.02 Å². The van der Waals surface area contributed by atoms with E-state index < -0.39 is 0 Å². The summed E-state index contributed by atoms with van der Waals surface area (Å²) in [4.78, 5) is 4.37. The summed E-state index contributed by atoms with van der Waals surface area (Å²) < 4.78 is 3.31. The fraction of sp³-hybridized carbons (Fsp3) is 0.0556. The Morgan fingerprint density at radius 2 is 1.96 bits per heavy atom. The number of benzene rings is 1. The molecule has 0 saturated heterocycles. The smallest absolute Gasteiger partial charge is 0.189 e. The summed E-state index contributed by atoms with van der Waals surface area (Å²) in [7, 11) is 0. The van der Waals surface area contributed by atoms with E-state index in [9.17, 15) is 5.26 Å². The quantitative estimate of drug-likeness (QED) is 0.553. The van der Waals surface area contributed by atoms with Crippen molar-refractivity contribution in [1.29, 1.82) is 5.26 Å². The molecule has 0 aliphatic rings. The van der Waals surface area contributed by atoms with E-state index in [4.69, 9.17) is 11.6 Å². The van der Waals surface area contributed by atoms with Gasteiger partial charge >= 0.3 is 0 Å². The highest BCUT2D eigenvalue weighted by atomic mass is 35.5. The number of rotatable bonds is 2. The molecule has 0 N–H and O–H groups in total. The standard InChI is InChI=1S/C18H12ClN5/c1-12-4-5-13(19)9-14(12)15-6-7-16(23(15)10-20)18-17-3-2-8-24(17)22-11-21-18/h2-9,11H,1H3. The van der Waals surface area contributed by atoms with E-state index in [1.165, 1.54) is 6.33 Å². The van der Waals surface area contributed by atoms with Crippen LogP contribution in [-0.2, 0) is 0 Å². The second kappa shape index (κ2) is 5.52. The van der Waals surface area contributed by atoms with E-state index >= 15 is 0 Å². The van der Waals surface area contributed by atoms with Crippen molar-refractivity contribution in [3.8, 4) is 28.8 Å². The Kier molecular flexibility index (Phi) is 3.33. The van der Waals surface area contributed by atoms with Gasteiger partial charge in [0.1, 0.15) is 12.0 Å². The lowest BCUT2D eigenvalue weighted by molar-refractivity contribution is 0.902. The SMILES string of the molecule is Cc1ccc(Cl)cc1-c1ccc(-c2ncnn3cccc23)n1C#N. The minimum absolute atomic E-state index is 0.638. The van der Waals surface area contributed by atoms with Crippen LogP contribution in [0, 0.1) is 18.4 Å². The molecule has 0 saturated carbocycles. The van der Waals surface area contributed by atoms with Crippen LogP contribution < -0.4 is 0 Å². The molecule has 0 fully saturated rings. The van der Waals surface area contributed by atoms with Gasteiger partial charge in [-0.15, -0.1) is 0 Å². The lowest BCUT2D eigenvalue weighted by Crippen LogP contribution is -2.00. The zero-order chi connectivity index (χ0) is 16.7. The van der Waals surface area contributed by atoms with Gasteiger partial charge in [0.2, 0.25) is 0 Å². The molecule has 4 aromatic rings. The molecule has 3 aromatic heterocycles. The van der Waals surface area contributed by atoms with Crippen LogP contribution in [0.1, 0.15) is 5.56 Å². The Balaban J connectivity index is 1.97. The number of aromatic nitrogens is 4. The van der Waals surface area contributed by atoms with Crippen LogP contribution in [-0.4, -0.2) is 19.2 Å². The van der Waals surface area contributed by atoms with Gasteiger partial charge < -0.3 is 0 Å². The second-order valence-corrected chi connectivity index (χ2v) is 5.88. The minimum atomic E-state index is 0.638. The van der Waals surface area contributed by atoms with Gasteiger partial charge in [0.05, 0.1) is 16.9 Å². The van der Waals surface area contributed by atoms with Crippen LogP contribution in [0.3, 0.4) is 0 Å². The topological polar surface area (TPSA) is 58.9 Å². The van der Waals surface area contributed by atoms with Gasteiger partial charge in [-0.3, -0.25) is 0 Å². The molecule has 6 heteroatoms. The van der Waals surface area contributed by atoms with Crippen LogP contribution in [0.5, 0.6) is 0 Å². The Morgan fingerprint density at radius 1 is 1.12 bits per heavy atom. The summed E-state index contributed by atoms with van der Waals surface area (Å²) in [5.41, 5.74) is 5.05. The summed E-state index contributed by atoms with van der Waals surface area (Å²) in [6, 6.07) is 13.3. The number of nitriles is 1. The molecule has 0 aliphatic carbocycles. The van der Waals surface area contributed by atoms with E-state index in [0.717, 1.165) is 28.0 Å². The number of hydrogen-bond acceptors (Lipinski definition) is 3. The lowest BCUT2D eigenvalue weighted by atomic mass is 10.1. The molecule has 0 bridgehead atoms. The maximum Gasteiger partial charge on any atom is 0.189 e.